The van der Waals surface area contributed by atoms with Crippen molar-refractivity contribution in [2.24, 2.45) is 15.7 Å². The maximum atomic E-state index is 12.4. The Kier molecular flexibility index (Phi) is 6.13. The summed E-state index contributed by atoms with van der Waals surface area (Å²) < 4.78 is 10.4. The minimum atomic E-state index is -0.455. The van der Waals surface area contributed by atoms with Gasteiger partial charge in [0, 0.05) is 42.5 Å². The molecule has 0 atom stereocenters. The number of guanidine groups is 1. The van der Waals surface area contributed by atoms with Crippen molar-refractivity contribution >= 4 is 52.9 Å². The molecule has 0 unspecified atom stereocenters. The summed E-state index contributed by atoms with van der Waals surface area (Å²) in [5.41, 5.74) is 9.00. The molecule has 0 saturated carbocycles. The van der Waals surface area contributed by atoms with Crippen LogP contribution in [0.4, 0.5) is 5.69 Å². The highest BCUT2D eigenvalue weighted by Crippen LogP contribution is 2.33. The fraction of sp³-hybridized carbons (Fsp3) is 0.174. The number of carbonyl (C=O) groups excluding carboxylic acids is 1. The number of ether oxygens (including phenoxy) is 1. The van der Waals surface area contributed by atoms with Crippen LogP contribution in [0, 0.1) is 0 Å². The Bertz CT molecular complexity index is 1210. The molecule has 0 bridgehead atoms. The van der Waals surface area contributed by atoms with Crippen LogP contribution in [0.5, 0.6) is 0 Å². The van der Waals surface area contributed by atoms with Gasteiger partial charge in [0.25, 0.3) is 0 Å². The highest BCUT2D eigenvalue weighted by atomic mass is 35.5. The molecule has 3 aromatic rings. The summed E-state index contributed by atoms with van der Waals surface area (Å²) in [4.78, 5) is 25.3. The van der Waals surface area contributed by atoms with E-state index < -0.39 is 5.97 Å². The van der Waals surface area contributed by atoms with Gasteiger partial charge in [0.2, 0.25) is 0 Å². The highest BCUT2D eigenvalue weighted by molar-refractivity contribution is 6.06. The molecule has 1 saturated heterocycles. The number of nitrogens with zero attached hydrogens (tertiary/aromatic N) is 4. The molecule has 8 nitrogen and oxygen atoms in total. The third kappa shape index (κ3) is 4.04. The normalized spacial score (nSPS) is 18.0. The van der Waals surface area contributed by atoms with Gasteiger partial charge in [-0.15, -0.1) is 12.4 Å². The molecular weight excluding hydrogens is 430 g/mol. The van der Waals surface area contributed by atoms with Crippen LogP contribution in [-0.4, -0.2) is 54.3 Å². The predicted octanol–water partition coefficient (Wildman–Crippen LogP) is 3.37. The molecule has 1 fully saturated rings. The second-order valence-electron chi connectivity index (χ2n) is 7.30. The van der Waals surface area contributed by atoms with Crippen LogP contribution in [-0.2, 0) is 9.53 Å². The van der Waals surface area contributed by atoms with E-state index in [-0.39, 0.29) is 12.4 Å². The summed E-state index contributed by atoms with van der Waals surface area (Å²) in [6.07, 6.45) is 4.57. The molecule has 3 heterocycles. The first-order valence-corrected chi connectivity index (χ1v) is 10.0. The average molecular weight is 452 g/mol. The lowest BCUT2D eigenvalue weighted by molar-refractivity contribution is -0.129. The Morgan fingerprint density at radius 3 is 2.44 bits per heavy atom. The monoisotopic (exact) mass is 451 g/mol. The summed E-state index contributed by atoms with van der Waals surface area (Å²) in [6, 6.07) is 15.5. The van der Waals surface area contributed by atoms with Gasteiger partial charge in [0.1, 0.15) is 0 Å². The molecule has 0 spiro atoms. The maximum absolute atomic E-state index is 12.4. The van der Waals surface area contributed by atoms with E-state index in [1.54, 1.807) is 12.5 Å². The van der Waals surface area contributed by atoms with Crippen LogP contribution >= 0.6 is 12.4 Å². The molecule has 2 aromatic carbocycles. The minimum Gasteiger partial charge on any atom is -0.471 e. The van der Waals surface area contributed by atoms with Gasteiger partial charge in [0.05, 0.1) is 23.9 Å². The zero-order valence-electron chi connectivity index (χ0n) is 17.2. The lowest BCUT2D eigenvalue weighted by Gasteiger charge is -2.38. The first-order valence-electron chi connectivity index (χ1n) is 10.0. The number of esters is 1. The molecule has 32 heavy (non-hydrogen) atoms. The number of cyclic esters (lactones) is 1. The van der Waals surface area contributed by atoms with Crippen molar-refractivity contribution in [1.82, 2.24) is 9.80 Å². The maximum Gasteiger partial charge on any atom is 0.365 e. The third-order valence-corrected chi connectivity index (χ3v) is 5.45. The molecule has 2 N–H and O–H groups in total. The Labute approximate surface area is 191 Å². The number of benzene rings is 2. The van der Waals surface area contributed by atoms with Crippen LogP contribution in [0.3, 0.4) is 0 Å². The van der Waals surface area contributed by atoms with Gasteiger partial charge >= 0.3 is 5.97 Å². The number of hydrogen-bond donors (Lipinski definition) is 1. The Hall–Kier alpha value is -3.78. The topological polar surface area (TPSA) is 96.7 Å². The van der Waals surface area contributed by atoms with E-state index in [2.05, 4.69) is 14.9 Å². The standard InChI is InChI=1S/C23H21N5O3.ClH/c24-23(26-17-6-2-1-3-7-17)28-11-9-27(10-12-28)21(20-22(29)31-15-25-20)18-8-4-5-16-13-30-14-19(16)18;/h1-8,13-15H,9-12H2,(H2,24,26);1H/b21-20-;. The van der Waals surface area contributed by atoms with E-state index in [4.69, 9.17) is 14.9 Å². The highest BCUT2D eigenvalue weighted by Gasteiger charge is 2.29. The van der Waals surface area contributed by atoms with E-state index in [0.717, 1.165) is 27.7 Å². The molecule has 0 aliphatic carbocycles. The molecule has 0 radical (unpaired) electrons. The van der Waals surface area contributed by atoms with Crippen molar-refractivity contribution < 1.29 is 13.9 Å². The lowest BCUT2D eigenvalue weighted by Crippen LogP contribution is -2.50. The van der Waals surface area contributed by atoms with Crippen LogP contribution in [0.15, 0.2) is 81.2 Å². The summed E-state index contributed by atoms with van der Waals surface area (Å²) in [6.45, 7) is 2.64. The second-order valence-corrected chi connectivity index (χ2v) is 7.30. The summed E-state index contributed by atoms with van der Waals surface area (Å²) >= 11 is 0. The largest absolute Gasteiger partial charge is 0.471 e. The summed E-state index contributed by atoms with van der Waals surface area (Å²) in [7, 11) is 0. The van der Waals surface area contributed by atoms with Gasteiger partial charge in [-0.05, 0) is 12.1 Å². The Balaban J connectivity index is 0.00000245. The predicted molar refractivity (Wildman–Crippen MR) is 126 cm³/mol. The van der Waals surface area contributed by atoms with Gasteiger partial charge in [-0.2, -0.15) is 0 Å². The molecule has 5 rings (SSSR count). The average Bonchev–Trinajstić information content (AvgIpc) is 3.45. The van der Waals surface area contributed by atoms with Crippen molar-refractivity contribution in [3.8, 4) is 0 Å². The Morgan fingerprint density at radius 2 is 1.72 bits per heavy atom. The first kappa shape index (κ1) is 21.5. The number of hydrogen-bond acceptors (Lipinski definition) is 6. The first-order chi connectivity index (χ1) is 15.2. The second kappa shape index (κ2) is 9.15. The SMILES string of the molecule is Cl.NC(=Nc1ccccc1)N1CCN(/C(=C2\N=COC2=O)c2cccc3cocc23)CC1. The van der Waals surface area contributed by atoms with E-state index in [0.29, 0.717) is 37.8 Å². The number of piperazine rings is 1. The summed E-state index contributed by atoms with van der Waals surface area (Å²) in [5.74, 6) is 0.0263. The number of furan rings is 1. The molecular formula is C23H22ClN5O3. The van der Waals surface area contributed by atoms with Gasteiger partial charge in [-0.1, -0.05) is 36.4 Å². The van der Waals surface area contributed by atoms with Crippen molar-refractivity contribution in [3.05, 3.63) is 72.3 Å². The van der Waals surface area contributed by atoms with Gasteiger partial charge in [0.15, 0.2) is 18.1 Å². The van der Waals surface area contributed by atoms with Gasteiger partial charge in [-0.25, -0.2) is 14.8 Å². The number of rotatable bonds is 3. The van der Waals surface area contributed by atoms with E-state index in [1.807, 2.05) is 53.4 Å². The lowest BCUT2D eigenvalue weighted by atomic mass is 10.0. The van der Waals surface area contributed by atoms with Crippen LogP contribution < -0.4 is 5.73 Å². The fourth-order valence-corrected chi connectivity index (χ4v) is 3.90. The van der Waals surface area contributed by atoms with Crippen molar-refractivity contribution in [2.45, 2.75) is 0 Å². The van der Waals surface area contributed by atoms with Crippen LogP contribution in [0.2, 0.25) is 0 Å². The molecule has 2 aliphatic rings. The summed E-state index contributed by atoms with van der Waals surface area (Å²) in [5, 5.41) is 1.89. The molecule has 164 valence electrons. The molecule has 9 heteroatoms. The van der Waals surface area contributed by atoms with E-state index in [1.165, 1.54) is 6.40 Å². The fourth-order valence-electron chi connectivity index (χ4n) is 3.90. The zero-order chi connectivity index (χ0) is 21.2. The van der Waals surface area contributed by atoms with Crippen molar-refractivity contribution in [3.63, 3.8) is 0 Å². The van der Waals surface area contributed by atoms with Crippen LogP contribution in [0.25, 0.3) is 16.5 Å². The van der Waals surface area contributed by atoms with E-state index >= 15 is 0 Å². The van der Waals surface area contributed by atoms with Gasteiger partial charge < -0.3 is 24.7 Å². The smallest absolute Gasteiger partial charge is 0.365 e. The van der Waals surface area contributed by atoms with Crippen molar-refractivity contribution in [1.29, 1.82) is 0 Å². The van der Waals surface area contributed by atoms with Gasteiger partial charge in [-0.3, -0.25) is 0 Å². The molecule has 2 aliphatic heterocycles. The van der Waals surface area contributed by atoms with E-state index in [9.17, 15) is 4.79 Å². The van der Waals surface area contributed by atoms with Crippen molar-refractivity contribution in [2.75, 3.05) is 26.2 Å². The molecule has 0 amide bonds. The number of carbonyl (C=O) groups is 1. The number of halogens is 1. The molecule has 1 aromatic heterocycles. The van der Waals surface area contributed by atoms with Crippen LogP contribution in [0.1, 0.15) is 5.56 Å². The third-order valence-electron chi connectivity index (χ3n) is 5.45. The minimum absolute atomic E-state index is 0. The number of para-hydroxylation sites is 1. The number of aliphatic imine (C=N–C) groups is 2. The number of fused-ring (bicyclic) bond motifs is 1. The quantitative estimate of drug-likeness (QED) is 0.284. The Morgan fingerprint density at radius 1 is 0.969 bits per heavy atom. The number of nitrogens with two attached hydrogens (primary N) is 1. The zero-order valence-corrected chi connectivity index (χ0v) is 18.0.